The third-order valence-electron chi connectivity index (χ3n) is 2.26. The van der Waals surface area contributed by atoms with Crippen molar-refractivity contribution in [2.45, 2.75) is 13.8 Å². The number of rotatable bonds is 0. The van der Waals surface area contributed by atoms with Crippen LogP contribution in [0.3, 0.4) is 0 Å². The molecule has 12 heavy (non-hydrogen) atoms. The number of fused-ring (bicyclic) bond motifs is 1. The van der Waals surface area contributed by atoms with Crippen molar-refractivity contribution in [2.75, 3.05) is 0 Å². The Bertz CT molecular complexity index is 429. The molecule has 1 nitrogen and oxygen atoms in total. The van der Waals surface area contributed by atoms with Gasteiger partial charge in [-0.1, -0.05) is 22.0 Å². The molecule has 2 heteroatoms. The Balaban J connectivity index is 2.93. The van der Waals surface area contributed by atoms with E-state index in [1.807, 2.05) is 6.20 Å². The fraction of sp³-hybridized carbons (Fsp3) is 0.200. The Morgan fingerprint density at radius 1 is 1.25 bits per heavy atom. The molecule has 2 aromatic rings. The van der Waals surface area contributed by atoms with Crippen molar-refractivity contribution in [1.82, 2.24) is 4.98 Å². The van der Waals surface area contributed by atoms with Gasteiger partial charge in [-0.25, -0.2) is 0 Å². The minimum Gasteiger partial charge on any atom is -0.361 e. The van der Waals surface area contributed by atoms with Gasteiger partial charge in [0, 0.05) is 21.6 Å². The molecule has 0 radical (unpaired) electrons. The van der Waals surface area contributed by atoms with Crippen molar-refractivity contribution in [1.29, 1.82) is 0 Å². The molecule has 0 aliphatic heterocycles. The largest absolute Gasteiger partial charge is 0.361 e. The van der Waals surface area contributed by atoms with Crippen LogP contribution in [0, 0.1) is 13.8 Å². The number of aryl methyl sites for hydroxylation is 2. The van der Waals surface area contributed by atoms with Crippen LogP contribution in [0.1, 0.15) is 11.1 Å². The van der Waals surface area contributed by atoms with E-state index in [0.29, 0.717) is 0 Å². The minimum atomic E-state index is 1.16. The predicted octanol–water partition coefficient (Wildman–Crippen LogP) is 3.55. The van der Waals surface area contributed by atoms with Crippen LogP contribution in [0.4, 0.5) is 0 Å². The number of nitrogens with one attached hydrogen (secondary N) is 1. The summed E-state index contributed by atoms with van der Waals surface area (Å²) in [7, 11) is 0. The van der Waals surface area contributed by atoms with E-state index < -0.39 is 0 Å². The molecular formula is C10H10BrN. The van der Waals surface area contributed by atoms with E-state index in [9.17, 15) is 0 Å². The number of halogens is 1. The van der Waals surface area contributed by atoms with Gasteiger partial charge in [-0.2, -0.15) is 0 Å². The summed E-state index contributed by atoms with van der Waals surface area (Å²) in [5.74, 6) is 0. The first kappa shape index (κ1) is 7.87. The number of benzene rings is 1. The number of hydrogen-bond acceptors (Lipinski definition) is 0. The highest BCUT2D eigenvalue weighted by Gasteiger charge is 2.03. The quantitative estimate of drug-likeness (QED) is 0.704. The average molecular weight is 224 g/mol. The van der Waals surface area contributed by atoms with E-state index in [-0.39, 0.29) is 0 Å². The highest BCUT2D eigenvalue weighted by molar-refractivity contribution is 9.10. The van der Waals surface area contributed by atoms with Gasteiger partial charge in [0.05, 0.1) is 0 Å². The SMILES string of the molecule is Cc1c[nH]c2c(C)c(Br)ccc12. The zero-order valence-electron chi connectivity index (χ0n) is 7.11. The first-order valence-electron chi connectivity index (χ1n) is 3.93. The lowest BCUT2D eigenvalue weighted by Crippen LogP contribution is -1.78. The number of H-pyrrole nitrogens is 1. The van der Waals surface area contributed by atoms with Crippen LogP contribution in [0.15, 0.2) is 22.8 Å². The molecular weight excluding hydrogens is 214 g/mol. The van der Waals surface area contributed by atoms with Crippen LogP contribution in [-0.4, -0.2) is 4.98 Å². The summed E-state index contributed by atoms with van der Waals surface area (Å²) in [6.07, 6.45) is 2.05. The van der Waals surface area contributed by atoms with Gasteiger partial charge in [0.25, 0.3) is 0 Å². The summed E-state index contributed by atoms with van der Waals surface area (Å²) < 4.78 is 1.16. The van der Waals surface area contributed by atoms with Crippen LogP contribution in [0.5, 0.6) is 0 Å². The van der Waals surface area contributed by atoms with Crippen molar-refractivity contribution >= 4 is 26.8 Å². The molecule has 0 bridgehead atoms. The van der Waals surface area contributed by atoms with E-state index in [1.165, 1.54) is 22.0 Å². The van der Waals surface area contributed by atoms with Gasteiger partial charge in [0.2, 0.25) is 0 Å². The zero-order valence-corrected chi connectivity index (χ0v) is 8.70. The van der Waals surface area contributed by atoms with Crippen LogP contribution in [0.2, 0.25) is 0 Å². The molecule has 0 unspecified atom stereocenters. The highest BCUT2D eigenvalue weighted by atomic mass is 79.9. The fourth-order valence-corrected chi connectivity index (χ4v) is 1.79. The molecule has 1 heterocycles. The van der Waals surface area contributed by atoms with Gasteiger partial charge >= 0.3 is 0 Å². The number of aromatic amines is 1. The van der Waals surface area contributed by atoms with Gasteiger partial charge in [-0.05, 0) is 31.0 Å². The topological polar surface area (TPSA) is 15.8 Å². The molecule has 2 rings (SSSR count). The molecule has 0 amide bonds. The van der Waals surface area contributed by atoms with Crippen molar-refractivity contribution in [3.63, 3.8) is 0 Å². The normalized spacial score (nSPS) is 10.9. The van der Waals surface area contributed by atoms with Crippen molar-refractivity contribution < 1.29 is 0 Å². The highest BCUT2D eigenvalue weighted by Crippen LogP contribution is 2.26. The summed E-state index contributed by atoms with van der Waals surface area (Å²) in [6.45, 7) is 4.23. The van der Waals surface area contributed by atoms with Gasteiger partial charge in [-0.15, -0.1) is 0 Å². The molecule has 0 aliphatic carbocycles. The first-order valence-corrected chi connectivity index (χ1v) is 4.72. The van der Waals surface area contributed by atoms with Crippen molar-refractivity contribution in [3.8, 4) is 0 Å². The van der Waals surface area contributed by atoms with Gasteiger partial charge in [-0.3, -0.25) is 0 Å². The second kappa shape index (κ2) is 2.63. The predicted molar refractivity (Wildman–Crippen MR) is 55.5 cm³/mol. The molecule has 0 saturated heterocycles. The lowest BCUT2D eigenvalue weighted by Gasteiger charge is -1.99. The smallest absolute Gasteiger partial charge is 0.0497 e. The van der Waals surface area contributed by atoms with E-state index in [4.69, 9.17) is 0 Å². The molecule has 0 atom stereocenters. The van der Waals surface area contributed by atoms with Crippen molar-refractivity contribution in [2.24, 2.45) is 0 Å². The van der Waals surface area contributed by atoms with Gasteiger partial charge in [0.1, 0.15) is 0 Å². The van der Waals surface area contributed by atoms with E-state index in [1.54, 1.807) is 0 Å². The first-order chi connectivity index (χ1) is 5.70. The molecule has 1 aromatic heterocycles. The lowest BCUT2D eigenvalue weighted by atomic mass is 10.1. The molecule has 0 fully saturated rings. The van der Waals surface area contributed by atoms with Gasteiger partial charge < -0.3 is 4.98 Å². The van der Waals surface area contributed by atoms with E-state index >= 15 is 0 Å². The molecule has 62 valence electrons. The van der Waals surface area contributed by atoms with E-state index in [2.05, 4.69) is 46.9 Å². The molecule has 0 aliphatic rings. The monoisotopic (exact) mass is 223 g/mol. The van der Waals surface area contributed by atoms with Crippen molar-refractivity contribution in [3.05, 3.63) is 33.9 Å². The van der Waals surface area contributed by atoms with Crippen LogP contribution < -0.4 is 0 Å². The minimum absolute atomic E-state index is 1.16. The maximum absolute atomic E-state index is 3.51. The maximum Gasteiger partial charge on any atom is 0.0497 e. The lowest BCUT2D eigenvalue weighted by molar-refractivity contribution is 1.39. The van der Waals surface area contributed by atoms with Crippen LogP contribution in [0.25, 0.3) is 10.9 Å². The third kappa shape index (κ3) is 0.985. The summed E-state index contributed by atoms with van der Waals surface area (Å²) in [5, 5.41) is 1.32. The van der Waals surface area contributed by atoms with Gasteiger partial charge in [0.15, 0.2) is 0 Å². The molecule has 1 N–H and O–H groups in total. The third-order valence-corrected chi connectivity index (χ3v) is 3.12. The fourth-order valence-electron chi connectivity index (χ4n) is 1.46. The Kier molecular flexibility index (Phi) is 1.72. The summed E-state index contributed by atoms with van der Waals surface area (Å²) in [4.78, 5) is 3.27. The van der Waals surface area contributed by atoms with E-state index in [0.717, 1.165) is 4.47 Å². The summed E-state index contributed by atoms with van der Waals surface area (Å²) in [6, 6.07) is 4.23. The average Bonchev–Trinajstić information content (AvgIpc) is 2.41. The molecule has 1 aromatic carbocycles. The molecule has 0 saturated carbocycles. The Morgan fingerprint density at radius 3 is 2.75 bits per heavy atom. The number of hydrogen-bond donors (Lipinski definition) is 1. The Labute approximate surface area is 79.9 Å². The standard InChI is InChI=1S/C10H10BrN/c1-6-5-12-10-7(2)9(11)4-3-8(6)10/h3-5,12H,1-2H3. The summed E-state index contributed by atoms with van der Waals surface area (Å²) in [5.41, 5.74) is 3.82. The summed E-state index contributed by atoms with van der Waals surface area (Å²) >= 11 is 3.51. The second-order valence-electron chi connectivity index (χ2n) is 3.07. The zero-order chi connectivity index (χ0) is 8.72. The van der Waals surface area contributed by atoms with Crippen LogP contribution in [-0.2, 0) is 0 Å². The van der Waals surface area contributed by atoms with Crippen LogP contribution >= 0.6 is 15.9 Å². The second-order valence-corrected chi connectivity index (χ2v) is 3.92. The Hall–Kier alpha value is -0.760. The maximum atomic E-state index is 3.51. The Morgan fingerprint density at radius 2 is 2.00 bits per heavy atom. The molecule has 0 spiro atoms. The number of aromatic nitrogens is 1.